The van der Waals surface area contributed by atoms with Gasteiger partial charge in [0.05, 0.1) is 10.9 Å². The molecule has 0 saturated carbocycles. The van der Waals surface area contributed by atoms with Crippen LogP contribution >= 0.6 is 15.9 Å². The molecule has 2 aromatic rings. The van der Waals surface area contributed by atoms with Crippen LogP contribution in [0.15, 0.2) is 70.6 Å². The van der Waals surface area contributed by atoms with Crippen LogP contribution in [0.4, 0.5) is 0 Å². The third-order valence-electron chi connectivity index (χ3n) is 3.30. The van der Waals surface area contributed by atoms with E-state index in [9.17, 15) is 8.42 Å². The minimum atomic E-state index is -3.57. The summed E-state index contributed by atoms with van der Waals surface area (Å²) < 4.78 is 28.7. The van der Waals surface area contributed by atoms with Crippen LogP contribution in [0, 0.1) is 6.92 Å². The van der Waals surface area contributed by atoms with Crippen molar-refractivity contribution in [1.82, 2.24) is 4.72 Å². The van der Waals surface area contributed by atoms with E-state index in [1.807, 2.05) is 31.2 Å². The molecule has 22 heavy (non-hydrogen) atoms. The Balaban J connectivity index is 2.28. The van der Waals surface area contributed by atoms with Gasteiger partial charge in [0.15, 0.2) is 0 Å². The van der Waals surface area contributed by atoms with Crippen molar-refractivity contribution in [2.45, 2.75) is 24.3 Å². The maximum Gasteiger partial charge on any atom is 0.241 e. The summed E-state index contributed by atoms with van der Waals surface area (Å²) in [5.41, 5.74) is 1.92. The Kier molecular flexibility index (Phi) is 5.56. The second kappa shape index (κ2) is 7.22. The Hall–Kier alpha value is -1.43. The lowest BCUT2D eigenvalue weighted by molar-refractivity contribution is 0.557. The molecule has 1 atom stereocenters. The molecular weight excluding hydrogens is 362 g/mol. The van der Waals surface area contributed by atoms with Crippen LogP contribution in [0.25, 0.3) is 0 Å². The van der Waals surface area contributed by atoms with Gasteiger partial charge in [-0.25, -0.2) is 13.1 Å². The largest absolute Gasteiger partial charge is 0.241 e. The first-order valence-corrected chi connectivity index (χ1v) is 9.15. The van der Waals surface area contributed by atoms with Gasteiger partial charge in [-0.3, -0.25) is 0 Å². The minimum Gasteiger partial charge on any atom is -0.207 e. The van der Waals surface area contributed by atoms with Crippen LogP contribution in [0.1, 0.15) is 23.6 Å². The molecule has 2 rings (SSSR count). The fourth-order valence-electron chi connectivity index (χ4n) is 2.09. The molecule has 0 spiro atoms. The van der Waals surface area contributed by atoms with Crippen molar-refractivity contribution in [3.8, 4) is 0 Å². The smallest absolute Gasteiger partial charge is 0.207 e. The number of hydrogen-bond donors (Lipinski definition) is 1. The summed E-state index contributed by atoms with van der Waals surface area (Å²) in [6, 6.07) is 14.1. The molecule has 0 bridgehead atoms. The van der Waals surface area contributed by atoms with E-state index in [2.05, 4.69) is 27.2 Å². The first kappa shape index (κ1) is 16.9. The van der Waals surface area contributed by atoms with Crippen LogP contribution < -0.4 is 4.72 Å². The third kappa shape index (κ3) is 4.29. The lowest BCUT2D eigenvalue weighted by Crippen LogP contribution is -2.28. The molecular formula is C17H18BrNO2S. The number of aryl methyl sites for hydroxylation is 1. The van der Waals surface area contributed by atoms with Gasteiger partial charge in [0.2, 0.25) is 10.0 Å². The molecule has 1 unspecified atom stereocenters. The highest BCUT2D eigenvalue weighted by molar-refractivity contribution is 9.10. The Morgan fingerprint density at radius 2 is 1.73 bits per heavy atom. The number of nitrogens with one attached hydrogen (secondary N) is 1. The number of sulfonamides is 1. The summed E-state index contributed by atoms with van der Waals surface area (Å²) >= 11 is 3.38. The molecule has 0 aliphatic carbocycles. The molecule has 2 aromatic carbocycles. The Bertz CT molecular complexity index is 737. The van der Waals surface area contributed by atoms with Crippen LogP contribution in [0.3, 0.4) is 0 Å². The predicted octanol–water partition coefficient (Wildman–Crippen LogP) is 4.35. The maximum absolute atomic E-state index is 12.5. The topological polar surface area (TPSA) is 46.2 Å². The highest BCUT2D eigenvalue weighted by Gasteiger charge is 2.20. The average Bonchev–Trinajstić information content (AvgIpc) is 2.48. The van der Waals surface area contributed by atoms with E-state index in [0.29, 0.717) is 6.42 Å². The number of benzene rings is 2. The molecule has 1 N–H and O–H groups in total. The van der Waals surface area contributed by atoms with Crippen LogP contribution in [0.2, 0.25) is 0 Å². The molecule has 3 nitrogen and oxygen atoms in total. The minimum absolute atomic E-state index is 0.268. The standard InChI is InChI=1S/C17H18BrNO2S/c1-3-4-17(14-7-9-15(18)10-8-14)19-22(20,21)16-11-5-13(2)6-12-16/h3,5-12,17,19H,1,4H2,2H3. The van der Waals surface area contributed by atoms with Crippen molar-refractivity contribution in [3.05, 3.63) is 76.8 Å². The van der Waals surface area contributed by atoms with E-state index in [4.69, 9.17) is 0 Å². The zero-order chi connectivity index (χ0) is 16.2. The summed E-state index contributed by atoms with van der Waals surface area (Å²) in [7, 11) is -3.57. The van der Waals surface area contributed by atoms with E-state index >= 15 is 0 Å². The van der Waals surface area contributed by atoms with Gasteiger partial charge in [0.1, 0.15) is 0 Å². The second-order valence-electron chi connectivity index (χ2n) is 5.06. The molecule has 116 valence electrons. The first-order valence-electron chi connectivity index (χ1n) is 6.88. The monoisotopic (exact) mass is 379 g/mol. The Morgan fingerprint density at radius 1 is 1.14 bits per heavy atom. The van der Waals surface area contributed by atoms with Gasteiger partial charge in [0.25, 0.3) is 0 Å². The quantitative estimate of drug-likeness (QED) is 0.758. The normalized spacial score (nSPS) is 12.8. The molecule has 0 saturated heterocycles. The molecule has 0 fully saturated rings. The van der Waals surface area contributed by atoms with Crippen molar-refractivity contribution in [2.75, 3.05) is 0 Å². The van der Waals surface area contributed by atoms with E-state index in [1.165, 1.54) is 0 Å². The maximum atomic E-state index is 12.5. The van der Waals surface area contributed by atoms with Crippen molar-refractivity contribution in [3.63, 3.8) is 0 Å². The molecule has 0 aromatic heterocycles. The summed E-state index contributed by atoms with van der Waals surface area (Å²) in [6.07, 6.45) is 2.23. The van der Waals surface area contributed by atoms with Gasteiger partial charge in [-0.2, -0.15) is 0 Å². The van der Waals surface area contributed by atoms with Gasteiger partial charge in [-0.1, -0.05) is 51.8 Å². The average molecular weight is 380 g/mol. The van der Waals surface area contributed by atoms with Crippen LogP contribution in [0.5, 0.6) is 0 Å². The van der Waals surface area contributed by atoms with E-state index in [-0.39, 0.29) is 10.9 Å². The predicted molar refractivity (Wildman–Crippen MR) is 93.2 cm³/mol. The van der Waals surface area contributed by atoms with Gasteiger partial charge in [-0.15, -0.1) is 6.58 Å². The van der Waals surface area contributed by atoms with E-state index in [1.54, 1.807) is 30.3 Å². The first-order chi connectivity index (χ1) is 10.4. The van der Waals surface area contributed by atoms with Gasteiger partial charge in [-0.05, 0) is 43.2 Å². The molecule has 0 aliphatic rings. The number of hydrogen-bond acceptors (Lipinski definition) is 2. The highest BCUT2D eigenvalue weighted by Crippen LogP contribution is 2.22. The highest BCUT2D eigenvalue weighted by atomic mass is 79.9. The lowest BCUT2D eigenvalue weighted by atomic mass is 10.1. The van der Waals surface area contributed by atoms with E-state index < -0.39 is 10.0 Å². The third-order valence-corrected chi connectivity index (χ3v) is 5.32. The summed E-state index contributed by atoms with van der Waals surface area (Å²) in [5.74, 6) is 0. The molecule has 0 aliphatic heterocycles. The van der Waals surface area contributed by atoms with Crippen molar-refractivity contribution in [2.24, 2.45) is 0 Å². The summed E-state index contributed by atoms with van der Waals surface area (Å²) in [6.45, 7) is 5.64. The molecule has 0 amide bonds. The van der Waals surface area contributed by atoms with Gasteiger partial charge >= 0.3 is 0 Å². The van der Waals surface area contributed by atoms with Gasteiger partial charge < -0.3 is 0 Å². The zero-order valence-electron chi connectivity index (χ0n) is 12.3. The van der Waals surface area contributed by atoms with Crippen molar-refractivity contribution < 1.29 is 8.42 Å². The summed E-state index contributed by atoms with van der Waals surface area (Å²) in [4.78, 5) is 0.268. The van der Waals surface area contributed by atoms with Crippen molar-refractivity contribution in [1.29, 1.82) is 0 Å². The number of rotatable bonds is 6. The van der Waals surface area contributed by atoms with Gasteiger partial charge in [0, 0.05) is 4.47 Å². The molecule has 0 heterocycles. The molecule has 0 radical (unpaired) electrons. The Morgan fingerprint density at radius 3 is 2.27 bits per heavy atom. The fourth-order valence-corrected chi connectivity index (χ4v) is 3.59. The lowest BCUT2D eigenvalue weighted by Gasteiger charge is -2.18. The molecule has 5 heteroatoms. The summed E-state index contributed by atoms with van der Waals surface area (Å²) in [5, 5.41) is 0. The number of halogens is 1. The van der Waals surface area contributed by atoms with Crippen molar-refractivity contribution >= 4 is 26.0 Å². The Labute approximate surface area is 140 Å². The SMILES string of the molecule is C=CCC(NS(=O)(=O)c1ccc(C)cc1)c1ccc(Br)cc1. The fraction of sp³-hybridized carbons (Fsp3) is 0.176. The van der Waals surface area contributed by atoms with E-state index in [0.717, 1.165) is 15.6 Å². The van der Waals surface area contributed by atoms with Crippen LogP contribution in [-0.2, 0) is 10.0 Å². The second-order valence-corrected chi connectivity index (χ2v) is 7.69. The zero-order valence-corrected chi connectivity index (χ0v) is 14.7. The van der Waals surface area contributed by atoms with Crippen LogP contribution in [-0.4, -0.2) is 8.42 Å².